The molecule has 0 aromatic heterocycles. The lowest BCUT2D eigenvalue weighted by molar-refractivity contribution is -0.116. The van der Waals surface area contributed by atoms with Crippen LogP contribution in [0.5, 0.6) is 0 Å². The summed E-state index contributed by atoms with van der Waals surface area (Å²) in [6.45, 7) is 4.22. The van der Waals surface area contributed by atoms with E-state index in [1.54, 1.807) is 0 Å². The van der Waals surface area contributed by atoms with E-state index < -0.39 is 0 Å². The maximum atomic E-state index is 11.2. The van der Waals surface area contributed by atoms with Crippen LogP contribution >= 0.6 is 0 Å². The summed E-state index contributed by atoms with van der Waals surface area (Å²) < 4.78 is 0. The van der Waals surface area contributed by atoms with Crippen molar-refractivity contribution in [1.82, 2.24) is 0 Å². The Bertz CT molecular complexity index is 332. The predicted octanol–water partition coefficient (Wildman–Crippen LogP) is 2.52. The summed E-state index contributed by atoms with van der Waals surface area (Å²) in [5.74, 6) is 0.390. The minimum Gasteiger partial charge on any atom is -0.396 e. The van der Waals surface area contributed by atoms with Crippen LogP contribution in [0.3, 0.4) is 0 Å². The summed E-state index contributed by atoms with van der Waals surface area (Å²) >= 11 is 0. The second kappa shape index (κ2) is 6.28. The molecule has 1 amide bonds. The van der Waals surface area contributed by atoms with Gasteiger partial charge in [0, 0.05) is 5.69 Å². The molecule has 0 heterocycles. The summed E-state index contributed by atoms with van der Waals surface area (Å²) in [7, 11) is 0. The van der Waals surface area contributed by atoms with Crippen LogP contribution in [0.2, 0.25) is 0 Å². The molecule has 3 heteroatoms. The van der Waals surface area contributed by atoms with Gasteiger partial charge in [-0.15, -0.1) is 0 Å². The molecule has 1 aromatic rings. The van der Waals surface area contributed by atoms with Gasteiger partial charge in [0.15, 0.2) is 0 Å². The Hall–Kier alpha value is -1.35. The van der Waals surface area contributed by atoms with E-state index in [9.17, 15) is 4.79 Å². The number of hydrogen-bond acceptors (Lipinski definition) is 2. The van der Waals surface area contributed by atoms with Gasteiger partial charge in [0.1, 0.15) is 0 Å². The summed E-state index contributed by atoms with van der Waals surface area (Å²) in [5, 5.41) is 11.3. The fraction of sp³-hybridized carbons (Fsp3) is 0.462. The molecular formula is C13H19NO2. The standard InChI is InChI=1S/C13H19NO2/c1-3-10(2)11-4-6-12(7-5-11)14-13(16)8-9-15/h4-7,10,15H,3,8-9H2,1-2H3,(H,14,16). The molecule has 0 aliphatic carbocycles. The highest BCUT2D eigenvalue weighted by Gasteiger charge is 2.04. The Balaban J connectivity index is 2.61. The van der Waals surface area contributed by atoms with Crippen LogP contribution in [0.4, 0.5) is 5.69 Å². The molecule has 0 radical (unpaired) electrons. The maximum Gasteiger partial charge on any atom is 0.226 e. The minimum atomic E-state index is -0.154. The van der Waals surface area contributed by atoms with Crippen LogP contribution in [0, 0.1) is 0 Å². The van der Waals surface area contributed by atoms with Gasteiger partial charge in [0.05, 0.1) is 13.0 Å². The molecule has 2 N–H and O–H groups in total. The van der Waals surface area contributed by atoms with E-state index in [0.717, 1.165) is 12.1 Å². The lowest BCUT2D eigenvalue weighted by Crippen LogP contribution is -2.12. The molecule has 1 rings (SSSR count). The highest BCUT2D eigenvalue weighted by Crippen LogP contribution is 2.20. The Kier molecular flexibility index (Phi) is 4.99. The van der Waals surface area contributed by atoms with Gasteiger partial charge in [0.25, 0.3) is 0 Å². The fourth-order valence-electron chi connectivity index (χ4n) is 1.46. The molecule has 1 atom stereocenters. The number of carbonyl (C=O) groups is 1. The van der Waals surface area contributed by atoms with Gasteiger partial charge >= 0.3 is 0 Å². The Labute approximate surface area is 96.5 Å². The van der Waals surface area contributed by atoms with Crippen molar-refractivity contribution in [1.29, 1.82) is 0 Å². The average molecular weight is 221 g/mol. The smallest absolute Gasteiger partial charge is 0.226 e. The maximum absolute atomic E-state index is 11.2. The number of carbonyl (C=O) groups excluding carboxylic acids is 1. The summed E-state index contributed by atoms with van der Waals surface area (Å²) in [4.78, 5) is 11.2. The Morgan fingerprint density at radius 3 is 2.50 bits per heavy atom. The molecular weight excluding hydrogens is 202 g/mol. The monoisotopic (exact) mass is 221 g/mol. The molecule has 0 fully saturated rings. The lowest BCUT2D eigenvalue weighted by Gasteiger charge is -2.10. The second-order valence-electron chi connectivity index (χ2n) is 3.95. The highest BCUT2D eigenvalue weighted by molar-refractivity contribution is 5.90. The van der Waals surface area contributed by atoms with Gasteiger partial charge in [-0.3, -0.25) is 4.79 Å². The van der Waals surface area contributed by atoms with Gasteiger partial charge in [-0.2, -0.15) is 0 Å². The normalized spacial score (nSPS) is 12.2. The summed E-state index contributed by atoms with van der Waals surface area (Å²) in [5.41, 5.74) is 2.06. The molecule has 0 saturated heterocycles. The van der Waals surface area contributed by atoms with E-state index in [1.165, 1.54) is 5.56 Å². The van der Waals surface area contributed by atoms with E-state index in [-0.39, 0.29) is 18.9 Å². The van der Waals surface area contributed by atoms with Crippen molar-refractivity contribution in [3.8, 4) is 0 Å². The molecule has 0 spiro atoms. The predicted molar refractivity (Wildman–Crippen MR) is 65.5 cm³/mol. The third-order valence-electron chi connectivity index (χ3n) is 2.71. The van der Waals surface area contributed by atoms with Gasteiger partial charge in [-0.25, -0.2) is 0 Å². The molecule has 1 unspecified atom stereocenters. The average Bonchev–Trinajstić information content (AvgIpc) is 2.29. The number of anilines is 1. The van der Waals surface area contributed by atoms with E-state index >= 15 is 0 Å². The molecule has 88 valence electrons. The third kappa shape index (κ3) is 3.66. The number of rotatable bonds is 5. The van der Waals surface area contributed by atoms with Gasteiger partial charge in [0.2, 0.25) is 5.91 Å². The van der Waals surface area contributed by atoms with Crippen molar-refractivity contribution in [3.05, 3.63) is 29.8 Å². The SMILES string of the molecule is CCC(C)c1ccc(NC(=O)CCO)cc1. The number of hydrogen-bond donors (Lipinski definition) is 2. The van der Waals surface area contributed by atoms with Crippen LogP contribution in [0.15, 0.2) is 24.3 Å². The molecule has 0 aliphatic rings. The van der Waals surface area contributed by atoms with E-state index in [2.05, 4.69) is 19.2 Å². The van der Waals surface area contributed by atoms with E-state index in [1.807, 2.05) is 24.3 Å². The first-order valence-corrected chi connectivity index (χ1v) is 5.68. The van der Waals surface area contributed by atoms with Crippen molar-refractivity contribution in [3.63, 3.8) is 0 Å². The van der Waals surface area contributed by atoms with Crippen LogP contribution < -0.4 is 5.32 Å². The topological polar surface area (TPSA) is 49.3 Å². The molecule has 0 saturated carbocycles. The first-order valence-electron chi connectivity index (χ1n) is 5.68. The lowest BCUT2D eigenvalue weighted by atomic mass is 9.99. The van der Waals surface area contributed by atoms with E-state index in [4.69, 9.17) is 5.11 Å². The molecule has 0 bridgehead atoms. The number of aliphatic hydroxyl groups is 1. The molecule has 1 aromatic carbocycles. The van der Waals surface area contributed by atoms with Crippen molar-refractivity contribution in [2.24, 2.45) is 0 Å². The van der Waals surface area contributed by atoms with E-state index in [0.29, 0.717) is 5.92 Å². The van der Waals surface area contributed by atoms with Crippen LogP contribution in [0.25, 0.3) is 0 Å². The number of aliphatic hydroxyl groups excluding tert-OH is 1. The van der Waals surface area contributed by atoms with Crippen molar-refractivity contribution >= 4 is 11.6 Å². The quantitative estimate of drug-likeness (QED) is 0.802. The molecule has 3 nitrogen and oxygen atoms in total. The Morgan fingerprint density at radius 2 is 2.00 bits per heavy atom. The summed E-state index contributed by atoms with van der Waals surface area (Å²) in [6.07, 6.45) is 1.25. The number of amides is 1. The van der Waals surface area contributed by atoms with Gasteiger partial charge < -0.3 is 10.4 Å². The zero-order valence-electron chi connectivity index (χ0n) is 9.86. The number of benzene rings is 1. The molecule has 0 aliphatic heterocycles. The van der Waals surface area contributed by atoms with Crippen molar-refractivity contribution in [2.75, 3.05) is 11.9 Å². The highest BCUT2D eigenvalue weighted by atomic mass is 16.3. The first-order chi connectivity index (χ1) is 7.67. The van der Waals surface area contributed by atoms with Gasteiger partial charge in [-0.05, 0) is 30.0 Å². The zero-order chi connectivity index (χ0) is 12.0. The summed E-state index contributed by atoms with van der Waals surface area (Å²) in [6, 6.07) is 7.86. The van der Waals surface area contributed by atoms with Crippen molar-refractivity contribution < 1.29 is 9.90 Å². The molecule has 16 heavy (non-hydrogen) atoms. The van der Waals surface area contributed by atoms with Crippen LogP contribution in [-0.2, 0) is 4.79 Å². The minimum absolute atomic E-state index is 0.114. The second-order valence-corrected chi connectivity index (χ2v) is 3.95. The van der Waals surface area contributed by atoms with Crippen LogP contribution in [-0.4, -0.2) is 17.6 Å². The zero-order valence-corrected chi connectivity index (χ0v) is 9.86. The van der Waals surface area contributed by atoms with Gasteiger partial charge in [-0.1, -0.05) is 26.0 Å². The Morgan fingerprint density at radius 1 is 1.38 bits per heavy atom. The fourth-order valence-corrected chi connectivity index (χ4v) is 1.46. The largest absolute Gasteiger partial charge is 0.396 e. The van der Waals surface area contributed by atoms with Crippen LogP contribution in [0.1, 0.15) is 38.2 Å². The van der Waals surface area contributed by atoms with Crippen molar-refractivity contribution in [2.45, 2.75) is 32.6 Å². The first kappa shape index (κ1) is 12.7. The number of nitrogens with one attached hydrogen (secondary N) is 1. The third-order valence-corrected chi connectivity index (χ3v) is 2.71.